The first-order valence-corrected chi connectivity index (χ1v) is 7.31. The second kappa shape index (κ2) is 8.08. The van der Waals surface area contributed by atoms with E-state index in [0.29, 0.717) is 35.8 Å². The van der Waals surface area contributed by atoms with Crippen LogP contribution in [0.5, 0.6) is 17.2 Å². The predicted octanol–water partition coefficient (Wildman–Crippen LogP) is 3.28. The van der Waals surface area contributed by atoms with E-state index in [4.69, 9.17) is 14.2 Å². The van der Waals surface area contributed by atoms with Crippen LogP contribution in [0.15, 0.2) is 42.5 Å². The SMILES string of the molecule is COc1cc(NC(=O)CCc2ccccc2)cc(OC)c1OC. The van der Waals surface area contributed by atoms with Crippen LogP contribution in [0.2, 0.25) is 0 Å². The lowest BCUT2D eigenvalue weighted by atomic mass is 10.1. The van der Waals surface area contributed by atoms with Crippen molar-refractivity contribution >= 4 is 11.6 Å². The van der Waals surface area contributed by atoms with Gasteiger partial charge in [0.05, 0.1) is 21.3 Å². The molecule has 0 aliphatic heterocycles. The number of benzene rings is 2. The summed E-state index contributed by atoms with van der Waals surface area (Å²) >= 11 is 0. The third kappa shape index (κ3) is 4.39. The number of anilines is 1. The van der Waals surface area contributed by atoms with Crippen LogP contribution >= 0.6 is 0 Å². The molecule has 1 amide bonds. The lowest BCUT2D eigenvalue weighted by Gasteiger charge is -2.14. The highest BCUT2D eigenvalue weighted by Crippen LogP contribution is 2.39. The fourth-order valence-electron chi connectivity index (χ4n) is 2.28. The summed E-state index contributed by atoms with van der Waals surface area (Å²) < 4.78 is 15.8. The number of methoxy groups -OCH3 is 3. The van der Waals surface area contributed by atoms with Gasteiger partial charge in [-0.15, -0.1) is 0 Å². The maximum Gasteiger partial charge on any atom is 0.224 e. The van der Waals surface area contributed by atoms with E-state index >= 15 is 0 Å². The Morgan fingerprint density at radius 1 is 0.957 bits per heavy atom. The molecule has 5 heteroatoms. The molecule has 2 rings (SSSR count). The number of rotatable bonds is 7. The van der Waals surface area contributed by atoms with E-state index in [9.17, 15) is 4.79 Å². The first kappa shape index (κ1) is 16.7. The molecular formula is C18H21NO4. The fraction of sp³-hybridized carbons (Fsp3) is 0.278. The first-order chi connectivity index (χ1) is 11.2. The summed E-state index contributed by atoms with van der Waals surface area (Å²) in [4.78, 5) is 12.1. The molecule has 2 aromatic rings. The molecule has 1 N–H and O–H groups in total. The van der Waals surface area contributed by atoms with Gasteiger partial charge in [-0.2, -0.15) is 0 Å². The molecule has 5 nitrogen and oxygen atoms in total. The van der Waals surface area contributed by atoms with Crippen LogP contribution in [0.1, 0.15) is 12.0 Å². The van der Waals surface area contributed by atoms with Gasteiger partial charge in [-0.05, 0) is 12.0 Å². The molecule has 0 spiro atoms. The standard InChI is InChI=1S/C18H21NO4/c1-21-15-11-14(12-16(22-2)18(15)23-3)19-17(20)10-9-13-7-5-4-6-8-13/h4-8,11-12H,9-10H2,1-3H3,(H,19,20). The largest absolute Gasteiger partial charge is 0.493 e. The monoisotopic (exact) mass is 315 g/mol. The van der Waals surface area contributed by atoms with Crippen LogP contribution in [0.4, 0.5) is 5.69 Å². The van der Waals surface area contributed by atoms with Crippen LogP contribution in [0.25, 0.3) is 0 Å². The van der Waals surface area contributed by atoms with Gasteiger partial charge in [0.15, 0.2) is 11.5 Å². The average Bonchev–Trinajstić information content (AvgIpc) is 2.59. The highest BCUT2D eigenvalue weighted by atomic mass is 16.5. The van der Waals surface area contributed by atoms with E-state index in [1.54, 1.807) is 19.2 Å². The zero-order valence-electron chi connectivity index (χ0n) is 13.6. The minimum atomic E-state index is -0.0665. The van der Waals surface area contributed by atoms with Crippen molar-refractivity contribution in [3.8, 4) is 17.2 Å². The molecule has 0 saturated carbocycles. The molecule has 0 fully saturated rings. The van der Waals surface area contributed by atoms with E-state index in [2.05, 4.69) is 5.32 Å². The first-order valence-electron chi connectivity index (χ1n) is 7.31. The number of ether oxygens (including phenoxy) is 3. The summed E-state index contributed by atoms with van der Waals surface area (Å²) in [6, 6.07) is 13.3. The number of aryl methyl sites for hydroxylation is 1. The van der Waals surface area contributed by atoms with Crippen LogP contribution in [-0.4, -0.2) is 27.2 Å². The number of hydrogen-bond donors (Lipinski definition) is 1. The second-order valence-electron chi connectivity index (χ2n) is 4.95. The second-order valence-corrected chi connectivity index (χ2v) is 4.95. The Balaban J connectivity index is 2.05. The summed E-state index contributed by atoms with van der Waals surface area (Å²) in [7, 11) is 4.62. The molecule has 2 aromatic carbocycles. The van der Waals surface area contributed by atoms with E-state index in [1.807, 2.05) is 30.3 Å². The van der Waals surface area contributed by atoms with Crippen molar-refractivity contribution in [1.82, 2.24) is 0 Å². The summed E-state index contributed by atoms with van der Waals surface area (Å²) in [5, 5.41) is 2.86. The van der Waals surface area contributed by atoms with Gasteiger partial charge in [0.1, 0.15) is 0 Å². The Bertz CT molecular complexity index is 630. The van der Waals surface area contributed by atoms with Gasteiger partial charge in [-0.1, -0.05) is 30.3 Å². The Kier molecular flexibility index (Phi) is 5.86. The van der Waals surface area contributed by atoms with Crippen LogP contribution in [-0.2, 0) is 11.2 Å². The molecule has 0 aromatic heterocycles. The van der Waals surface area contributed by atoms with Gasteiger partial charge in [0.2, 0.25) is 11.7 Å². The van der Waals surface area contributed by atoms with Crippen LogP contribution in [0.3, 0.4) is 0 Å². The van der Waals surface area contributed by atoms with Crippen molar-refractivity contribution in [2.24, 2.45) is 0 Å². The highest BCUT2D eigenvalue weighted by Gasteiger charge is 2.14. The molecule has 0 unspecified atom stereocenters. The third-order valence-corrected chi connectivity index (χ3v) is 3.43. The lowest BCUT2D eigenvalue weighted by molar-refractivity contribution is -0.116. The molecule has 0 aliphatic carbocycles. The molecule has 23 heavy (non-hydrogen) atoms. The molecule has 122 valence electrons. The number of amides is 1. The normalized spacial score (nSPS) is 10.0. The van der Waals surface area contributed by atoms with Gasteiger partial charge >= 0.3 is 0 Å². The molecule has 0 atom stereocenters. The van der Waals surface area contributed by atoms with Crippen molar-refractivity contribution in [3.05, 3.63) is 48.0 Å². The predicted molar refractivity (Wildman–Crippen MR) is 89.5 cm³/mol. The number of carbonyl (C=O) groups excluding carboxylic acids is 1. The topological polar surface area (TPSA) is 56.8 Å². The van der Waals surface area contributed by atoms with E-state index in [-0.39, 0.29) is 5.91 Å². The summed E-state index contributed by atoms with van der Waals surface area (Å²) in [5.74, 6) is 1.44. The lowest BCUT2D eigenvalue weighted by Crippen LogP contribution is -2.12. The van der Waals surface area contributed by atoms with Gasteiger partial charge in [0, 0.05) is 24.2 Å². The molecule has 0 heterocycles. The maximum absolute atomic E-state index is 12.1. The summed E-state index contributed by atoms with van der Waals surface area (Å²) in [5.41, 5.74) is 1.74. The van der Waals surface area contributed by atoms with Crippen LogP contribution in [0, 0.1) is 0 Å². The zero-order valence-corrected chi connectivity index (χ0v) is 13.6. The Morgan fingerprint density at radius 2 is 1.57 bits per heavy atom. The summed E-state index contributed by atoms with van der Waals surface area (Å²) in [6.07, 6.45) is 1.10. The van der Waals surface area contributed by atoms with Gasteiger partial charge < -0.3 is 19.5 Å². The van der Waals surface area contributed by atoms with Gasteiger partial charge in [0.25, 0.3) is 0 Å². The number of hydrogen-bond acceptors (Lipinski definition) is 4. The van der Waals surface area contributed by atoms with Gasteiger partial charge in [-0.25, -0.2) is 0 Å². The highest BCUT2D eigenvalue weighted by molar-refractivity contribution is 5.91. The smallest absolute Gasteiger partial charge is 0.224 e. The molecular weight excluding hydrogens is 294 g/mol. The van der Waals surface area contributed by atoms with Crippen molar-refractivity contribution in [2.45, 2.75) is 12.8 Å². The average molecular weight is 315 g/mol. The minimum Gasteiger partial charge on any atom is -0.493 e. The zero-order chi connectivity index (χ0) is 16.7. The quantitative estimate of drug-likeness (QED) is 0.852. The number of nitrogens with one attached hydrogen (secondary N) is 1. The van der Waals surface area contributed by atoms with Gasteiger partial charge in [-0.3, -0.25) is 4.79 Å². The Labute approximate surface area is 136 Å². The Hall–Kier alpha value is -2.69. The Morgan fingerprint density at radius 3 is 2.09 bits per heavy atom. The maximum atomic E-state index is 12.1. The van der Waals surface area contributed by atoms with Crippen molar-refractivity contribution in [2.75, 3.05) is 26.6 Å². The van der Waals surface area contributed by atoms with E-state index < -0.39 is 0 Å². The van der Waals surface area contributed by atoms with Crippen molar-refractivity contribution < 1.29 is 19.0 Å². The van der Waals surface area contributed by atoms with Crippen molar-refractivity contribution in [3.63, 3.8) is 0 Å². The molecule has 0 aliphatic rings. The van der Waals surface area contributed by atoms with E-state index in [1.165, 1.54) is 14.2 Å². The van der Waals surface area contributed by atoms with E-state index in [0.717, 1.165) is 5.56 Å². The molecule has 0 saturated heterocycles. The van der Waals surface area contributed by atoms with Crippen molar-refractivity contribution in [1.29, 1.82) is 0 Å². The molecule has 0 bridgehead atoms. The minimum absolute atomic E-state index is 0.0665. The number of carbonyl (C=O) groups is 1. The molecule has 0 radical (unpaired) electrons. The van der Waals surface area contributed by atoms with Crippen LogP contribution < -0.4 is 19.5 Å². The third-order valence-electron chi connectivity index (χ3n) is 3.43. The fourth-order valence-corrected chi connectivity index (χ4v) is 2.28. The summed E-state index contributed by atoms with van der Waals surface area (Å²) in [6.45, 7) is 0.